The highest BCUT2D eigenvalue weighted by atomic mass is 16.5. The molecule has 0 saturated carbocycles. The van der Waals surface area contributed by atoms with Gasteiger partial charge in [-0.3, -0.25) is 4.79 Å². The first kappa shape index (κ1) is 30.9. The minimum atomic E-state index is -0.830. The largest absolute Gasteiger partial charge is 0.492 e. The molecule has 44 heavy (non-hydrogen) atoms. The van der Waals surface area contributed by atoms with Crippen LogP contribution in [-0.4, -0.2) is 79.6 Å². The van der Waals surface area contributed by atoms with Crippen molar-refractivity contribution in [2.75, 3.05) is 57.1 Å². The van der Waals surface area contributed by atoms with Gasteiger partial charge in [-0.2, -0.15) is 0 Å². The number of para-hydroxylation sites is 2. The number of aromatic nitrogens is 1. The minimum absolute atomic E-state index is 0.243. The van der Waals surface area contributed by atoms with Crippen LogP contribution in [0.4, 0.5) is 16.2 Å². The Morgan fingerprint density at radius 1 is 1.00 bits per heavy atom. The second kappa shape index (κ2) is 13.9. The molecule has 0 unspecified atom stereocenters. The molecule has 3 aromatic carbocycles. The molecule has 5 rings (SSSR count). The Labute approximate surface area is 260 Å². The quantitative estimate of drug-likeness (QED) is 0.222. The van der Waals surface area contributed by atoms with Crippen molar-refractivity contribution in [3.63, 3.8) is 0 Å². The lowest BCUT2D eigenvalue weighted by Crippen LogP contribution is -2.56. The van der Waals surface area contributed by atoms with Gasteiger partial charge in [-0.15, -0.1) is 0 Å². The topological polar surface area (TPSA) is 92.9 Å². The van der Waals surface area contributed by atoms with Crippen LogP contribution in [0.1, 0.15) is 36.5 Å². The number of carbonyl (C=O) groups is 2. The van der Waals surface area contributed by atoms with Crippen molar-refractivity contribution in [2.24, 2.45) is 0 Å². The Hall–Kier alpha value is -4.50. The van der Waals surface area contributed by atoms with E-state index in [-0.39, 0.29) is 17.9 Å². The van der Waals surface area contributed by atoms with Crippen LogP contribution >= 0.6 is 0 Å². The molecule has 0 spiro atoms. The van der Waals surface area contributed by atoms with Gasteiger partial charge in [-0.25, -0.2) is 4.79 Å². The molecule has 1 aliphatic heterocycles. The Morgan fingerprint density at radius 2 is 1.73 bits per heavy atom. The molecule has 9 nitrogen and oxygen atoms in total. The number of fused-ring (bicyclic) bond motifs is 1. The molecule has 4 aromatic rings. The molecule has 1 fully saturated rings. The molecule has 9 heteroatoms. The van der Waals surface area contributed by atoms with Crippen molar-refractivity contribution in [3.05, 3.63) is 89.6 Å². The first-order valence-electron chi connectivity index (χ1n) is 15.4. The molecule has 232 valence electrons. The van der Waals surface area contributed by atoms with Crippen LogP contribution in [0.3, 0.4) is 0 Å². The summed E-state index contributed by atoms with van der Waals surface area (Å²) in [4.78, 5) is 37.4. The van der Waals surface area contributed by atoms with Gasteiger partial charge in [-0.05, 0) is 68.9 Å². The van der Waals surface area contributed by atoms with Crippen molar-refractivity contribution in [3.8, 4) is 5.75 Å². The number of carbonyl (C=O) groups excluding carboxylic acids is 2. The maximum Gasteiger partial charge on any atom is 0.318 e. The van der Waals surface area contributed by atoms with Crippen LogP contribution in [0.15, 0.2) is 72.9 Å². The van der Waals surface area contributed by atoms with Crippen LogP contribution in [0, 0.1) is 6.92 Å². The monoisotopic (exact) mass is 596 g/mol. The maximum atomic E-state index is 14.1. The highest BCUT2D eigenvalue weighted by molar-refractivity contribution is 5.99. The summed E-state index contributed by atoms with van der Waals surface area (Å²) in [6.07, 6.45) is 1.94. The molecule has 1 saturated heterocycles. The number of anilines is 2. The Balaban J connectivity index is 1.38. The Kier molecular flexibility index (Phi) is 9.75. The van der Waals surface area contributed by atoms with Gasteiger partial charge >= 0.3 is 6.03 Å². The van der Waals surface area contributed by atoms with E-state index in [2.05, 4.69) is 44.5 Å². The number of piperazine rings is 1. The lowest BCUT2D eigenvalue weighted by atomic mass is 9.92. The van der Waals surface area contributed by atoms with E-state index in [0.29, 0.717) is 31.1 Å². The molecule has 3 amide bonds. The normalized spacial score (nSPS) is 14.9. The molecule has 1 aliphatic rings. The zero-order valence-corrected chi connectivity index (χ0v) is 26.4. The van der Waals surface area contributed by atoms with Crippen LogP contribution in [0.5, 0.6) is 5.75 Å². The van der Waals surface area contributed by atoms with Crippen LogP contribution in [0.2, 0.25) is 0 Å². The van der Waals surface area contributed by atoms with Gasteiger partial charge in [0.25, 0.3) is 0 Å². The summed E-state index contributed by atoms with van der Waals surface area (Å²) in [5.41, 5.74) is 6.01. The number of hydrogen-bond acceptors (Lipinski definition) is 5. The number of aromatic amines is 1. The van der Waals surface area contributed by atoms with Crippen molar-refractivity contribution in [2.45, 2.75) is 39.3 Å². The number of nitrogens with one attached hydrogen (secondary N) is 3. The predicted octanol–water partition coefficient (Wildman–Crippen LogP) is 5.58. The smallest absolute Gasteiger partial charge is 0.318 e. The number of benzene rings is 3. The number of hydrogen-bond donors (Lipinski definition) is 3. The van der Waals surface area contributed by atoms with Crippen LogP contribution < -0.4 is 20.3 Å². The van der Waals surface area contributed by atoms with Gasteiger partial charge in [0, 0.05) is 61.4 Å². The number of H-pyrrole nitrogens is 1. The number of amides is 3. The second-order valence-electron chi connectivity index (χ2n) is 11.8. The lowest BCUT2D eigenvalue weighted by molar-refractivity contribution is -0.118. The summed E-state index contributed by atoms with van der Waals surface area (Å²) >= 11 is 0. The third kappa shape index (κ3) is 7.00. The average Bonchev–Trinajstić information content (AvgIpc) is 3.45. The van der Waals surface area contributed by atoms with Crippen LogP contribution in [-0.2, 0) is 11.3 Å². The molecule has 3 N–H and O–H groups in total. The minimum Gasteiger partial charge on any atom is -0.492 e. The zero-order valence-electron chi connectivity index (χ0n) is 26.4. The Bertz CT molecular complexity index is 1590. The molecular weight excluding hydrogens is 552 g/mol. The van der Waals surface area contributed by atoms with E-state index in [1.54, 1.807) is 4.90 Å². The predicted molar refractivity (Wildman–Crippen MR) is 178 cm³/mol. The molecule has 0 radical (unpaired) electrons. The first-order valence-corrected chi connectivity index (χ1v) is 15.4. The molecule has 1 aromatic heterocycles. The van der Waals surface area contributed by atoms with Gasteiger partial charge in [0.05, 0.1) is 12.3 Å². The van der Waals surface area contributed by atoms with E-state index in [1.165, 1.54) is 11.3 Å². The standard InChI is InChI=1S/C35H44N6O3/c1-6-44-32-16-15-26(23-39(4)5)21-30(32)37-34(42)33(25(3)28-22-36-29-13-9-8-12-27(28)29)38-35(43)41-19-17-40(18-20-41)31-14-10-7-11-24(31)2/h7-16,21-22,25,33,36H,6,17-20,23H2,1-5H3,(H,37,42)(H,38,43)/t25-,33+/m0/s1. The van der Waals surface area contributed by atoms with Crippen LogP contribution in [0.25, 0.3) is 10.9 Å². The highest BCUT2D eigenvalue weighted by Crippen LogP contribution is 2.31. The van der Waals surface area contributed by atoms with Gasteiger partial charge < -0.3 is 35.1 Å². The van der Waals surface area contributed by atoms with E-state index >= 15 is 0 Å². The number of urea groups is 1. The molecule has 2 heterocycles. The average molecular weight is 597 g/mol. The number of ether oxygens (including phenoxy) is 1. The third-order valence-corrected chi connectivity index (χ3v) is 8.30. The number of aryl methyl sites for hydroxylation is 1. The van der Waals surface area contributed by atoms with Crippen molar-refractivity contribution in [1.29, 1.82) is 0 Å². The second-order valence-corrected chi connectivity index (χ2v) is 11.8. The van der Waals surface area contributed by atoms with E-state index in [1.807, 2.05) is 88.7 Å². The summed E-state index contributed by atoms with van der Waals surface area (Å²) in [6.45, 7) is 9.78. The van der Waals surface area contributed by atoms with Gasteiger partial charge in [0.15, 0.2) is 0 Å². The number of nitrogens with zero attached hydrogens (tertiary/aromatic N) is 3. The van der Waals surface area contributed by atoms with E-state index < -0.39 is 6.04 Å². The van der Waals surface area contributed by atoms with E-state index in [4.69, 9.17) is 4.74 Å². The highest BCUT2D eigenvalue weighted by Gasteiger charge is 2.32. The maximum absolute atomic E-state index is 14.1. The summed E-state index contributed by atoms with van der Waals surface area (Å²) in [5, 5.41) is 7.26. The molecule has 0 bridgehead atoms. The fraction of sp³-hybridized carbons (Fsp3) is 0.371. The molecule has 2 atom stereocenters. The summed E-state index contributed by atoms with van der Waals surface area (Å²) < 4.78 is 5.87. The van der Waals surface area contributed by atoms with Gasteiger partial charge in [0.2, 0.25) is 5.91 Å². The van der Waals surface area contributed by atoms with Crippen molar-refractivity contribution in [1.82, 2.24) is 20.1 Å². The summed E-state index contributed by atoms with van der Waals surface area (Å²) in [6, 6.07) is 21.1. The molecule has 0 aliphatic carbocycles. The zero-order chi connectivity index (χ0) is 31.2. The van der Waals surface area contributed by atoms with Gasteiger partial charge in [0.1, 0.15) is 11.8 Å². The van der Waals surface area contributed by atoms with E-state index in [0.717, 1.165) is 41.7 Å². The van der Waals surface area contributed by atoms with Crippen molar-refractivity contribution < 1.29 is 14.3 Å². The molecular formula is C35H44N6O3. The van der Waals surface area contributed by atoms with Crippen molar-refractivity contribution >= 4 is 34.2 Å². The Morgan fingerprint density at radius 3 is 2.45 bits per heavy atom. The fourth-order valence-electron chi connectivity index (χ4n) is 5.99. The number of rotatable bonds is 10. The SMILES string of the molecule is CCOc1ccc(CN(C)C)cc1NC(=O)[C@H](NC(=O)N1CCN(c2ccccc2C)CC1)[C@@H](C)c1c[nH]c2ccccc12. The van der Waals surface area contributed by atoms with Gasteiger partial charge in [-0.1, -0.05) is 49.4 Å². The van der Waals surface area contributed by atoms with E-state index in [9.17, 15) is 9.59 Å². The lowest BCUT2D eigenvalue weighted by Gasteiger charge is -2.37. The third-order valence-electron chi connectivity index (χ3n) is 8.30. The summed E-state index contributed by atoms with van der Waals surface area (Å²) in [7, 11) is 4.01. The first-order chi connectivity index (χ1) is 21.2. The summed E-state index contributed by atoms with van der Waals surface area (Å²) in [5.74, 6) is -0.0120. The fourth-order valence-corrected chi connectivity index (χ4v) is 5.99.